The number of amides is 1. The van der Waals surface area contributed by atoms with Crippen LogP contribution in [0.5, 0.6) is 5.75 Å². The number of H-pyrrole nitrogens is 1. The van der Waals surface area contributed by atoms with Gasteiger partial charge in [0.25, 0.3) is 0 Å². The van der Waals surface area contributed by atoms with Gasteiger partial charge in [0.1, 0.15) is 11.6 Å². The highest BCUT2D eigenvalue weighted by atomic mass is 32.2. The highest BCUT2D eigenvalue weighted by Gasteiger charge is 2.33. The van der Waals surface area contributed by atoms with Crippen molar-refractivity contribution in [3.8, 4) is 17.1 Å². The number of piperidine rings is 1. The lowest BCUT2D eigenvalue weighted by Gasteiger charge is -2.31. The molecule has 2 heterocycles. The van der Waals surface area contributed by atoms with Crippen molar-refractivity contribution in [1.82, 2.24) is 14.3 Å². The summed E-state index contributed by atoms with van der Waals surface area (Å²) in [6, 6.07) is 21.7. The van der Waals surface area contributed by atoms with Crippen molar-refractivity contribution in [2.75, 3.05) is 25.5 Å². The maximum atomic E-state index is 13.5. The predicted octanol–water partition coefficient (Wildman–Crippen LogP) is 4.28. The number of aromatic amines is 1. The number of benzene rings is 3. The van der Waals surface area contributed by atoms with Gasteiger partial charge in [0, 0.05) is 30.4 Å². The van der Waals surface area contributed by atoms with Crippen molar-refractivity contribution in [2.24, 2.45) is 5.92 Å². The molecule has 9 heteroatoms. The molecule has 1 aromatic heterocycles. The highest BCUT2D eigenvalue weighted by Crippen LogP contribution is 2.28. The van der Waals surface area contributed by atoms with E-state index in [1.54, 1.807) is 49.6 Å². The number of imidazole rings is 1. The normalized spacial score (nSPS) is 16.8. The summed E-state index contributed by atoms with van der Waals surface area (Å²) in [5.41, 5.74) is 2.88. The summed E-state index contributed by atoms with van der Waals surface area (Å²) < 4.78 is 33.5. The Balaban J connectivity index is 1.34. The van der Waals surface area contributed by atoms with E-state index in [0.717, 1.165) is 5.56 Å². The number of nitrogens with one attached hydrogen (secondary N) is 2. The zero-order valence-corrected chi connectivity index (χ0v) is 20.1. The predicted molar refractivity (Wildman–Crippen MR) is 135 cm³/mol. The van der Waals surface area contributed by atoms with Crippen LogP contribution in [0.25, 0.3) is 22.4 Å². The molecule has 1 saturated heterocycles. The average Bonchev–Trinajstić information content (AvgIpc) is 3.33. The minimum Gasteiger partial charge on any atom is -0.497 e. The molecular weight excluding hydrogens is 464 g/mol. The second kappa shape index (κ2) is 9.52. The molecule has 1 fully saturated rings. The Morgan fingerprint density at radius 3 is 2.71 bits per heavy atom. The van der Waals surface area contributed by atoms with Gasteiger partial charge in [-0.3, -0.25) is 4.79 Å². The second-order valence-electron chi connectivity index (χ2n) is 8.55. The fourth-order valence-electron chi connectivity index (χ4n) is 4.35. The first kappa shape index (κ1) is 23.1. The monoisotopic (exact) mass is 490 g/mol. The third-order valence-electron chi connectivity index (χ3n) is 6.23. The zero-order chi connectivity index (χ0) is 24.4. The molecule has 8 nitrogen and oxygen atoms in total. The van der Waals surface area contributed by atoms with E-state index >= 15 is 0 Å². The molecule has 0 saturated carbocycles. The lowest BCUT2D eigenvalue weighted by atomic mass is 9.98. The van der Waals surface area contributed by atoms with Crippen LogP contribution in [-0.4, -0.2) is 48.8 Å². The van der Waals surface area contributed by atoms with Crippen LogP contribution < -0.4 is 10.1 Å². The van der Waals surface area contributed by atoms with Crippen molar-refractivity contribution >= 4 is 32.7 Å². The molecule has 0 bridgehead atoms. The maximum Gasteiger partial charge on any atom is 0.243 e. The number of sulfonamides is 1. The number of fused-ring (bicyclic) bond motifs is 1. The Bertz CT molecular complexity index is 1470. The summed E-state index contributed by atoms with van der Waals surface area (Å²) in [5.74, 6) is 0.683. The molecule has 1 aliphatic rings. The Labute approximate surface area is 204 Å². The lowest BCUT2D eigenvalue weighted by molar-refractivity contribution is -0.120. The van der Waals surface area contributed by atoms with Crippen LogP contribution in [0, 0.1) is 5.92 Å². The van der Waals surface area contributed by atoms with Crippen molar-refractivity contribution in [1.29, 1.82) is 0 Å². The Morgan fingerprint density at radius 1 is 1.09 bits per heavy atom. The first-order valence-electron chi connectivity index (χ1n) is 11.4. The van der Waals surface area contributed by atoms with Crippen LogP contribution in [0.1, 0.15) is 12.8 Å². The molecule has 5 rings (SSSR count). The fourth-order valence-corrected chi connectivity index (χ4v) is 5.90. The van der Waals surface area contributed by atoms with Crippen LogP contribution in [0.15, 0.2) is 77.7 Å². The molecule has 1 amide bonds. The quantitative estimate of drug-likeness (QED) is 0.420. The number of rotatable bonds is 6. The number of carbonyl (C=O) groups excluding carboxylic acids is 1. The lowest BCUT2D eigenvalue weighted by Crippen LogP contribution is -2.43. The van der Waals surface area contributed by atoms with Gasteiger partial charge < -0.3 is 15.0 Å². The van der Waals surface area contributed by atoms with Gasteiger partial charge in [-0.05, 0) is 43.2 Å². The highest BCUT2D eigenvalue weighted by molar-refractivity contribution is 7.89. The number of hydrogen-bond acceptors (Lipinski definition) is 5. The first-order valence-corrected chi connectivity index (χ1v) is 12.9. The molecule has 180 valence electrons. The van der Waals surface area contributed by atoms with E-state index < -0.39 is 15.9 Å². The summed E-state index contributed by atoms with van der Waals surface area (Å²) in [5, 5.41) is 2.89. The number of carbonyl (C=O) groups is 1. The SMILES string of the molecule is COc1cccc(NC(=O)[C@H]2CCCN(S(=O)(=O)c3ccc4nc(-c5ccccc5)[nH]c4c3)C2)c1. The van der Waals surface area contributed by atoms with E-state index in [1.165, 1.54) is 4.31 Å². The van der Waals surface area contributed by atoms with Crippen molar-refractivity contribution in [3.63, 3.8) is 0 Å². The second-order valence-corrected chi connectivity index (χ2v) is 10.5. The van der Waals surface area contributed by atoms with E-state index in [1.807, 2.05) is 30.3 Å². The van der Waals surface area contributed by atoms with Gasteiger partial charge in [-0.25, -0.2) is 13.4 Å². The van der Waals surface area contributed by atoms with Crippen molar-refractivity contribution in [2.45, 2.75) is 17.7 Å². The summed E-state index contributed by atoms with van der Waals surface area (Å²) >= 11 is 0. The van der Waals surface area contributed by atoms with E-state index in [-0.39, 0.29) is 17.3 Å². The first-order chi connectivity index (χ1) is 16.9. The minimum atomic E-state index is -3.77. The number of hydrogen-bond donors (Lipinski definition) is 2. The molecule has 35 heavy (non-hydrogen) atoms. The van der Waals surface area contributed by atoms with Crippen LogP contribution >= 0.6 is 0 Å². The molecule has 0 radical (unpaired) electrons. The minimum absolute atomic E-state index is 0.133. The number of methoxy groups -OCH3 is 1. The van der Waals surface area contributed by atoms with Crippen LogP contribution in [-0.2, 0) is 14.8 Å². The summed E-state index contributed by atoms with van der Waals surface area (Å²) in [4.78, 5) is 20.9. The number of anilines is 1. The van der Waals surface area contributed by atoms with Gasteiger partial charge in [-0.2, -0.15) is 4.31 Å². The molecule has 2 N–H and O–H groups in total. The van der Waals surface area contributed by atoms with Gasteiger partial charge in [0.05, 0.1) is 29.0 Å². The summed E-state index contributed by atoms with van der Waals surface area (Å²) in [6.45, 7) is 0.510. The van der Waals surface area contributed by atoms with Gasteiger partial charge in [-0.1, -0.05) is 36.4 Å². The summed E-state index contributed by atoms with van der Waals surface area (Å²) in [7, 11) is -2.21. The zero-order valence-electron chi connectivity index (χ0n) is 19.3. The standard InChI is InChI=1S/C26H26N4O4S/c1-34-21-11-5-10-20(15-21)27-26(31)19-9-6-14-30(17-19)35(32,33)22-12-13-23-24(16-22)29-25(28-23)18-7-3-2-4-8-18/h2-5,7-8,10-13,15-16,19H,6,9,14,17H2,1H3,(H,27,31)(H,28,29)/t19-/m0/s1. The van der Waals surface area contributed by atoms with Gasteiger partial charge in [0.2, 0.25) is 15.9 Å². The Morgan fingerprint density at radius 2 is 1.91 bits per heavy atom. The van der Waals surface area contributed by atoms with Gasteiger partial charge in [0.15, 0.2) is 0 Å². The molecule has 1 atom stereocenters. The molecule has 0 spiro atoms. The van der Waals surface area contributed by atoms with E-state index in [2.05, 4.69) is 15.3 Å². The number of ether oxygens (including phenoxy) is 1. The molecular formula is C26H26N4O4S. The molecule has 1 aliphatic heterocycles. The van der Waals surface area contributed by atoms with E-state index in [0.29, 0.717) is 47.7 Å². The summed E-state index contributed by atoms with van der Waals surface area (Å²) in [6.07, 6.45) is 1.24. The topological polar surface area (TPSA) is 104 Å². The average molecular weight is 491 g/mol. The van der Waals surface area contributed by atoms with Crippen molar-refractivity contribution in [3.05, 3.63) is 72.8 Å². The molecule has 0 aliphatic carbocycles. The molecule has 4 aromatic rings. The largest absolute Gasteiger partial charge is 0.497 e. The Hall–Kier alpha value is -3.69. The number of nitrogens with zero attached hydrogens (tertiary/aromatic N) is 2. The third-order valence-corrected chi connectivity index (χ3v) is 8.09. The van der Waals surface area contributed by atoms with Crippen LogP contribution in [0.4, 0.5) is 5.69 Å². The smallest absolute Gasteiger partial charge is 0.243 e. The third kappa shape index (κ3) is 4.78. The maximum absolute atomic E-state index is 13.5. The van der Waals surface area contributed by atoms with Crippen molar-refractivity contribution < 1.29 is 17.9 Å². The Kier molecular flexibility index (Phi) is 6.27. The van der Waals surface area contributed by atoms with Crippen LogP contribution in [0.3, 0.4) is 0 Å². The fraction of sp³-hybridized carbons (Fsp3) is 0.231. The molecule has 0 unspecified atom stereocenters. The van der Waals surface area contributed by atoms with Crippen LogP contribution in [0.2, 0.25) is 0 Å². The van der Waals surface area contributed by atoms with E-state index in [4.69, 9.17) is 4.74 Å². The van der Waals surface area contributed by atoms with Gasteiger partial charge >= 0.3 is 0 Å². The number of aromatic nitrogens is 2. The molecule has 3 aromatic carbocycles. The van der Waals surface area contributed by atoms with Gasteiger partial charge in [-0.15, -0.1) is 0 Å². The van der Waals surface area contributed by atoms with E-state index in [9.17, 15) is 13.2 Å².